The molecule has 0 heterocycles. The molecule has 2 rings (SSSR count). The fraction of sp³-hybridized carbons (Fsp3) is 0.421. The molecule has 0 fully saturated rings. The third-order valence-electron chi connectivity index (χ3n) is 4.21. The zero-order valence-electron chi connectivity index (χ0n) is 14.0. The highest BCUT2D eigenvalue weighted by Crippen LogP contribution is 2.25. The molecule has 1 amide bonds. The van der Waals surface area contributed by atoms with Gasteiger partial charge >= 0.3 is 0 Å². The van der Waals surface area contributed by atoms with Gasteiger partial charge in [-0.2, -0.15) is 0 Å². The highest BCUT2D eigenvalue weighted by Gasteiger charge is 2.15. The van der Waals surface area contributed by atoms with E-state index in [2.05, 4.69) is 5.32 Å². The molecule has 1 unspecified atom stereocenters. The predicted molar refractivity (Wildman–Crippen MR) is 92.8 cm³/mol. The molecule has 4 nitrogen and oxygen atoms in total. The predicted octanol–water partition coefficient (Wildman–Crippen LogP) is 3.23. The highest BCUT2D eigenvalue weighted by molar-refractivity contribution is 5.88. The summed E-state index contributed by atoms with van der Waals surface area (Å²) in [6.07, 6.45) is 0.952. The summed E-state index contributed by atoms with van der Waals surface area (Å²) < 4.78 is 5.23. The summed E-state index contributed by atoms with van der Waals surface area (Å²) in [5.74, 6) is 0.590. The average molecular weight is 315 g/mol. The highest BCUT2D eigenvalue weighted by atomic mass is 16.5. The first kappa shape index (κ1) is 17.3. The van der Waals surface area contributed by atoms with Crippen LogP contribution in [0.2, 0.25) is 0 Å². The molecule has 2 aromatic rings. The number of benzene rings is 2. The Bertz CT molecular complexity index is 669. The number of ether oxygens (including phenoxy) is 1. The van der Waals surface area contributed by atoms with Crippen LogP contribution in [0, 0.1) is 0 Å². The molecule has 2 aromatic carbocycles. The monoisotopic (exact) mass is 315 g/mol. The third-order valence-corrected chi connectivity index (χ3v) is 4.21. The van der Waals surface area contributed by atoms with Crippen LogP contribution < -0.4 is 10.1 Å². The largest absolute Gasteiger partial charge is 0.497 e. The van der Waals surface area contributed by atoms with Gasteiger partial charge in [-0.05, 0) is 48.2 Å². The second-order valence-corrected chi connectivity index (χ2v) is 5.84. The van der Waals surface area contributed by atoms with E-state index in [0.717, 1.165) is 22.1 Å². The maximum absolute atomic E-state index is 12.2. The van der Waals surface area contributed by atoms with Crippen molar-refractivity contribution in [1.82, 2.24) is 5.32 Å². The van der Waals surface area contributed by atoms with E-state index in [1.165, 1.54) is 0 Å². The quantitative estimate of drug-likeness (QED) is 0.825. The second-order valence-electron chi connectivity index (χ2n) is 5.84. The van der Waals surface area contributed by atoms with Gasteiger partial charge in [-0.3, -0.25) is 4.79 Å². The first-order valence-corrected chi connectivity index (χ1v) is 8.08. The lowest BCUT2D eigenvalue weighted by molar-refractivity contribution is -0.122. The molecule has 124 valence electrons. The van der Waals surface area contributed by atoms with Crippen molar-refractivity contribution >= 4 is 16.7 Å². The normalized spacial score (nSPS) is 13.6. The standard InChI is InChI=1S/C19H25NO3/c1-4-17(21)9-10-20-19(22)13(2)14-5-6-16-12-18(23-3)8-7-15(16)11-14/h5-8,11-13,17,21H,4,9-10H2,1-3H3,(H,20,22)/t13-,17?/m0/s1. The number of nitrogens with one attached hydrogen (secondary N) is 1. The fourth-order valence-electron chi connectivity index (χ4n) is 2.51. The van der Waals surface area contributed by atoms with Crippen molar-refractivity contribution in [3.05, 3.63) is 42.0 Å². The number of hydrogen-bond acceptors (Lipinski definition) is 3. The van der Waals surface area contributed by atoms with Crippen molar-refractivity contribution in [2.45, 2.75) is 38.7 Å². The molecule has 0 aliphatic heterocycles. The Kier molecular flexibility index (Phi) is 5.99. The number of methoxy groups -OCH3 is 1. The lowest BCUT2D eigenvalue weighted by Crippen LogP contribution is -2.30. The van der Waals surface area contributed by atoms with Gasteiger partial charge < -0.3 is 15.2 Å². The molecule has 0 aliphatic carbocycles. The minimum Gasteiger partial charge on any atom is -0.497 e. The lowest BCUT2D eigenvalue weighted by Gasteiger charge is -2.14. The minimum atomic E-state index is -0.346. The topological polar surface area (TPSA) is 58.6 Å². The lowest BCUT2D eigenvalue weighted by atomic mass is 9.97. The smallest absolute Gasteiger partial charge is 0.227 e. The van der Waals surface area contributed by atoms with Gasteiger partial charge in [0.25, 0.3) is 0 Å². The second kappa shape index (κ2) is 7.97. The Morgan fingerprint density at radius 2 is 1.91 bits per heavy atom. The first-order chi connectivity index (χ1) is 11.0. The van der Waals surface area contributed by atoms with Crippen molar-refractivity contribution in [2.24, 2.45) is 0 Å². The molecular formula is C19H25NO3. The number of aliphatic hydroxyl groups is 1. The van der Waals surface area contributed by atoms with E-state index in [1.807, 2.05) is 50.2 Å². The van der Waals surface area contributed by atoms with E-state index in [1.54, 1.807) is 7.11 Å². The van der Waals surface area contributed by atoms with Crippen molar-refractivity contribution in [3.63, 3.8) is 0 Å². The van der Waals surface area contributed by atoms with Crippen LogP contribution >= 0.6 is 0 Å². The number of fused-ring (bicyclic) bond motifs is 1. The molecule has 0 saturated carbocycles. The maximum atomic E-state index is 12.2. The van der Waals surface area contributed by atoms with Crippen LogP contribution in [0.5, 0.6) is 5.75 Å². The van der Waals surface area contributed by atoms with Gasteiger partial charge in [0.2, 0.25) is 5.91 Å². The van der Waals surface area contributed by atoms with Gasteiger partial charge in [-0.15, -0.1) is 0 Å². The van der Waals surface area contributed by atoms with Crippen molar-refractivity contribution in [1.29, 1.82) is 0 Å². The summed E-state index contributed by atoms with van der Waals surface area (Å²) in [6, 6.07) is 11.9. The zero-order chi connectivity index (χ0) is 16.8. The molecule has 2 N–H and O–H groups in total. The van der Waals surface area contributed by atoms with Crippen LogP contribution in [-0.4, -0.2) is 30.8 Å². The summed E-state index contributed by atoms with van der Waals surface area (Å²) in [5, 5.41) is 14.6. The summed E-state index contributed by atoms with van der Waals surface area (Å²) in [6.45, 7) is 4.33. The molecule has 0 bridgehead atoms. The Morgan fingerprint density at radius 3 is 2.61 bits per heavy atom. The van der Waals surface area contributed by atoms with Gasteiger partial charge in [0.1, 0.15) is 5.75 Å². The van der Waals surface area contributed by atoms with Gasteiger partial charge in [-0.1, -0.05) is 31.2 Å². The molecule has 23 heavy (non-hydrogen) atoms. The van der Waals surface area contributed by atoms with E-state index in [9.17, 15) is 9.90 Å². The van der Waals surface area contributed by atoms with Gasteiger partial charge in [0, 0.05) is 6.54 Å². The molecule has 2 atom stereocenters. The molecular weight excluding hydrogens is 290 g/mol. The number of rotatable bonds is 7. The molecule has 4 heteroatoms. The third kappa shape index (κ3) is 4.45. The number of aliphatic hydroxyl groups excluding tert-OH is 1. The van der Waals surface area contributed by atoms with E-state index in [4.69, 9.17) is 4.74 Å². The zero-order valence-corrected chi connectivity index (χ0v) is 14.0. The van der Waals surface area contributed by atoms with Gasteiger partial charge in [0.15, 0.2) is 0 Å². The SMILES string of the molecule is CCC(O)CCNC(=O)[C@@H](C)c1ccc2cc(OC)ccc2c1. The van der Waals surface area contributed by atoms with Crippen LogP contribution in [0.15, 0.2) is 36.4 Å². The Balaban J connectivity index is 2.05. The molecule has 0 aliphatic rings. The number of hydrogen-bond donors (Lipinski definition) is 2. The van der Waals surface area contributed by atoms with Crippen molar-refractivity contribution < 1.29 is 14.6 Å². The van der Waals surface area contributed by atoms with Gasteiger partial charge in [-0.25, -0.2) is 0 Å². The Labute approximate surface area is 137 Å². The van der Waals surface area contributed by atoms with Crippen LogP contribution in [0.3, 0.4) is 0 Å². The van der Waals surface area contributed by atoms with Crippen LogP contribution in [0.25, 0.3) is 10.8 Å². The Morgan fingerprint density at radius 1 is 1.22 bits per heavy atom. The maximum Gasteiger partial charge on any atom is 0.227 e. The first-order valence-electron chi connectivity index (χ1n) is 8.08. The van der Waals surface area contributed by atoms with Gasteiger partial charge in [0.05, 0.1) is 19.1 Å². The molecule has 0 spiro atoms. The summed E-state index contributed by atoms with van der Waals surface area (Å²) >= 11 is 0. The van der Waals surface area contributed by atoms with Crippen LogP contribution in [0.1, 0.15) is 38.2 Å². The molecule has 0 radical (unpaired) electrons. The van der Waals surface area contributed by atoms with Crippen LogP contribution in [0.4, 0.5) is 0 Å². The summed E-state index contributed by atoms with van der Waals surface area (Å²) in [7, 11) is 1.65. The number of amides is 1. The van der Waals surface area contributed by atoms with Crippen molar-refractivity contribution in [2.75, 3.05) is 13.7 Å². The summed E-state index contributed by atoms with van der Waals surface area (Å²) in [4.78, 5) is 12.2. The number of carbonyl (C=O) groups is 1. The number of carbonyl (C=O) groups excluding carboxylic acids is 1. The fourth-order valence-corrected chi connectivity index (χ4v) is 2.51. The molecule has 0 aromatic heterocycles. The van der Waals surface area contributed by atoms with E-state index in [0.29, 0.717) is 19.4 Å². The Hall–Kier alpha value is -2.07. The average Bonchev–Trinajstić information content (AvgIpc) is 2.59. The van der Waals surface area contributed by atoms with E-state index in [-0.39, 0.29) is 17.9 Å². The summed E-state index contributed by atoms with van der Waals surface area (Å²) in [5.41, 5.74) is 0.983. The minimum absolute atomic E-state index is 0.0128. The van der Waals surface area contributed by atoms with E-state index < -0.39 is 0 Å². The molecule has 0 saturated heterocycles. The van der Waals surface area contributed by atoms with Crippen molar-refractivity contribution in [3.8, 4) is 5.75 Å². The van der Waals surface area contributed by atoms with Crippen LogP contribution in [-0.2, 0) is 4.79 Å². The van der Waals surface area contributed by atoms with E-state index >= 15 is 0 Å².